The maximum Gasteiger partial charge on any atom is 0.402 e. The van der Waals surface area contributed by atoms with Crippen molar-refractivity contribution in [1.29, 1.82) is 0 Å². The van der Waals surface area contributed by atoms with Crippen molar-refractivity contribution in [1.82, 2.24) is 0 Å². The average molecular weight is 322 g/mol. The minimum Gasteiger partial charge on any atom is -0.386 e. The molecule has 1 aromatic carbocycles. The van der Waals surface area contributed by atoms with Crippen LogP contribution < -0.4 is 0 Å². The van der Waals surface area contributed by atoms with E-state index in [1.54, 1.807) is 24.3 Å². The molecule has 0 aliphatic heterocycles. The van der Waals surface area contributed by atoms with Crippen molar-refractivity contribution in [2.75, 3.05) is 13.2 Å². The number of aliphatic hydroxyl groups is 1. The van der Waals surface area contributed by atoms with Crippen molar-refractivity contribution in [3.63, 3.8) is 0 Å². The summed E-state index contributed by atoms with van der Waals surface area (Å²) in [5.74, 6) is 0. The molecule has 0 spiro atoms. The van der Waals surface area contributed by atoms with Crippen molar-refractivity contribution in [2.45, 2.75) is 38.5 Å². The molecule has 0 saturated carbocycles. The van der Waals surface area contributed by atoms with Crippen molar-refractivity contribution in [3.05, 3.63) is 35.9 Å². The van der Waals surface area contributed by atoms with Crippen LogP contribution in [0.25, 0.3) is 0 Å². The first-order valence-corrected chi connectivity index (χ1v) is 8.40. The second-order valence-electron chi connectivity index (χ2n) is 4.46. The van der Waals surface area contributed by atoms with Gasteiger partial charge >= 0.3 is 13.3 Å². The van der Waals surface area contributed by atoms with Gasteiger partial charge in [-0.05, 0) is 32.3 Å². The van der Waals surface area contributed by atoms with Crippen molar-refractivity contribution >= 4 is 7.60 Å². The SMILES string of the molecule is CCOP(=O)(OCC)C(F)(F)[C@@H](O)CCc1ccccc1. The van der Waals surface area contributed by atoms with Crippen molar-refractivity contribution in [2.24, 2.45) is 0 Å². The third kappa shape index (κ3) is 4.58. The topological polar surface area (TPSA) is 55.8 Å². The Labute approximate surface area is 123 Å². The van der Waals surface area contributed by atoms with Crippen LogP contribution in [-0.4, -0.2) is 30.1 Å². The summed E-state index contributed by atoms with van der Waals surface area (Å²) in [7, 11) is -4.68. The van der Waals surface area contributed by atoms with Gasteiger partial charge in [-0.3, -0.25) is 4.57 Å². The maximum absolute atomic E-state index is 14.2. The molecule has 0 aliphatic carbocycles. The highest BCUT2D eigenvalue weighted by atomic mass is 31.2. The molecule has 0 bridgehead atoms. The average Bonchev–Trinajstić information content (AvgIpc) is 2.46. The lowest BCUT2D eigenvalue weighted by molar-refractivity contribution is -0.0683. The van der Waals surface area contributed by atoms with E-state index in [0.717, 1.165) is 5.56 Å². The molecule has 4 nitrogen and oxygen atoms in total. The zero-order valence-corrected chi connectivity index (χ0v) is 13.1. The van der Waals surface area contributed by atoms with Crippen LogP contribution in [0.4, 0.5) is 8.78 Å². The predicted octanol–water partition coefficient (Wildman–Crippen LogP) is 3.84. The van der Waals surface area contributed by atoms with Gasteiger partial charge in [0.2, 0.25) is 0 Å². The normalized spacial score (nSPS) is 14.1. The van der Waals surface area contributed by atoms with Crippen LogP contribution in [0.1, 0.15) is 25.8 Å². The smallest absolute Gasteiger partial charge is 0.386 e. The van der Waals surface area contributed by atoms with Crippen LogP contribution in [0, 0.1) is 0 Å². The molecule has 0 heterocycles. The first-order chi connectivity index (χ1) is 9.87. The Kier molecular flexibility index (Phi) is 6.94. The van der Waals surface area contributed by atoms with Crippen LogP contribution in [0.15, 0.2) is 30.3 Å². The fraction of sp³-hybridized carbons (Fsp3) is 0.571. The van der Waals surface area contributed by atoms with Gasteiger partial charge in [0.15, 0.2) is 0 Å². The molecule has 1 aromatic rings. The molecule has 1 rings (SSSR count). The van der Waals surface area contributed by atoms with Gasteiger partial charge in [-0.1, -0.05) is 30.3 Å². The number of rotatable bonds is 9. The van der Waals surface area contributed by atoms with E-state index in [9.17, 15) is 18.5 Å². The Balaban J connectivity index is 2.76. The Bertz CT molecular complexity index is 457. The van der Waals surface area contributed by atoms with Gasteiger partial charge < -0.3 is 14.2 Å². The van der Waals surface area contributed by atoms with E-state index in [1.807, 2.05) is 6.07 Å². The number of alkyl halides is 2. The third-order valence-electron chi connectivity index (χ3n) is 2.91. The van der Waals surface area contributed by atoms with Crippen LogP contribution in [0.5, 0.6) is 0 Å². The summed E-state index contributed by atoms with van der Waals surface area (Å²) < 4.78 is 49.8. The summed E-state index contributed by atoms with van der Waals surface area (Å²) in [6.45, 7) is 2.52. The monoisotopic (exact) mass is 322 g/mol. The van der Waals surface area contributed by atoms with E-state index in [-0.39, 0.29) is 26.1 Å². The minimum atomic E-state index is -4.68. The molecule has 0 radical (unpaired) electrons. The van der Waals surface area contributed by atoms with Gasteiger partial charge in [0.1, 0.15) is 6.10 Å². The Morgan fingerprint density at radius 2 is 1.71 bits per heavy atom. The number of aliphatic hydroxyl groups excluding tert-OH is 1. The molecule has 7 heteroatoms. The van der Waals surface area contributed by atoms with Gasteiger partial charge in [0.05, 0.1) is 13.2 Å². The quantitative estimate of drug-likeness (QED) is 0.702. The third-order valence-corrected chi connectivity index (χ3v) is 5.14. The van der Waals surface area contributed by atoms with Crippen molar-refractivity contribution in [3.8, 4) is 0 Å². The summed E-state index contributed by atoms with van der Waals surface area (Å²) in [6.07, 6.45) is -2.08. The van der Waals surface area contributed by atoms with E-state index in [0.29, 0.717) is 0 Å². The van der Waals surface area contributed by atoms with Crippen LogP contribution in [0.3, 0.4) is 0 Å². The zero-order valence-electron chi connectivity index (χ0n) is 12.2. The fourth-order valence-corrected chi connectivity index (χ4v) is 3.45. The molecule has 1 atom stereocenters. The second-order valence-corrected chi connectivity index (χ2v) is 6.57. The number of hydrogen-bond donors (Lipinski definition) is 1. The predicted molar refractivity (Wildman–Crippen MR) is 76.6 cm³/mol. The van der Waals surface area contributed by atoms with Gasteiger partial charge in [-0.2, -0.15) is 8.78 Å². The molecule has 0 fully saturated rings. The Morgan fingerprint density at radius 3 is 2.19 bits per heavy atom. The van der Waals surface area contributed by atoms with Crippen LogP contribution in [-0.2, 0) is 20.0 Å². The van der Waals surface area contributed by atoms with Gasteiger partial charge in [-0.15, -0.1) is 0 Å². The standard InChI is InChI=1S/C14H21F2O4P/c1-3-19-21(18,20-4-2)14(15,16)13(17)11-10-12-8-6-5-7-9-12/h5-9,13,17H,3-4,10-11H2,1-2H3/t13-/m0/s1. The lowest BCUT2D eigenvalue weighted by Gasteiger charge is -2.29. The summed E-state index contributed by atoms with van der Waals surface area (Å²) in [6, 6.07) is 8.92. The molecule has 21 heavy (non-hydrogen) atoms. The summed E-state index contributed by atoms with van der Waals surface area (Å²) in [4.78, 5) is 0. The van der Waals surface area contributed by atoms with Gasteiger partial charge in [0, 0.05) is 0 Å². The Hall–Kier alpha value is -0.810. The molecule has 0 saturated heterocycles. The largest absolute Gasteiger partial charge is 0.402 e. The van der Waals surface area contributed by atoms with E-state index < -0.39 is 19.4 Å². The van der Waals surface area contributed by atoms with E-state index in [1.165, 1.54) is 13.8 Å². The summed E-state index contributed by atoms with van der Waals surface area (Å²) in [5, 5.41) is 9.74. The molecule has 120 valence electrons. The Morgan fingerprint density at radius 1 is 1.19 bits per heavy atom. The first kappa shape index (κ1) is 18.2. The highest BCUT2D eigenvalue weighted by Crippen LogP contribution is 2.63. The number of benzene rings is 1. The lowest BCUT2D eigenvalue weighted by atomic mass is 10.1. The molecule has 0 aromatic heterocycles. The van der Waals surface area contributed by atoms with Gasteiger partial charge in [-0.25, -0.2) is 0 Å². The maximum atomic E-state index is 14.2. The van der Waals surface area contributed by atoms with Gasteiger partial charge in [0.25, 0.3) is 0 Å². The second kappa shape index (κ2) is 7.99. The van der Waals surface area contributed by atoms with E-state index in [4.69, 9.17) is 0 Å². The lowest BCUT2D eigenvalue weighted by Crippen LogP contribution is -2.35. The van der Waals surface area contributed by atoms with Crippen molar-refractivity contribution < 1.29 is 27.5 Å². The molecule has 0 amide bonds. The summed E-state index contributed by atoms with van der Waals surface area (Å²) >= 11 is 0. The highest BCUT2D eigenvalue weighted by Gasteiger charge is 2.58. The number of halogens is 2. The molecule has 1 N–H and O–H groups in total. The molecule has 0 unspecified atom stereocenters. The summed E-state index contributed by atoms with van der Waals surface area (Å²) in [5.41, 5.74) is -3.12. The zero-order chi connectivity index (χ0) is 15.9. The molecular weight excluding hydrogens is 301 g/mol. The molecular formula is C14H21F2O4P. The molecule has 0 aliphatic rings. The van der Waals surface area contributed by atoms with Crippen LogP contribution >= 0.6 is 7.60 Å². The van der Waals surface area contributed by atoms with Crippen LogP contribution in [0.2, 0.25) is 0 Å². The minimum absolute atomic E-state index is 0.182. The first-order valence-electron chi connectivity index (χ1n) is 6.86. The number of hydrogen-bond acceptors (Lipinski definition) is 4. The fourth-order valence-electron chi connectivity index (χ4n) is 1.85. The highest BCUT2D eigenvalue weighted by molar-refractivity contribution is 7.55. The van der Waals surface area contributed by atoms with E-state index in [2.05, 4.69) is 9.05 Å². The van der Waals surface area contributed by atoms with E-state index >= 15 is 0 Å². The number of aryl methyl sites for hydroxylation is 1.